The highest BCUT2D eigenvalue weighted by atomic mass is 19.1. The molecule has 1 aromatic rings. The minimum absolute atomic E-state index is 0.00119. The Kier molecular flexibility index (Phi) is 4.88. The molecule has 2 aliphatic heterocycles. The van der Waals surface area contributed by atoms with Crippen molar-refractivity contribution in [3.8, 4) is 0 Å². The zero-order valence-corrected chi connectivity index (χ0v) is 14.4. The van der Waals surface area contributed by atoms with Crippen molar-refractivity contribution in [2.45, 2.75) is 39.2 Å². The van der Waals surface area contributed by atoms with Gasteiger partial charge >= 0.3 is 0 Å². The molecule has 2 amide bonds. The van der Waals surface area contributed by atoms with Gasteiger partial charge in [0.2, 0.25) is 5.91 Å². The number of fused-ring (bicyclic) bond motifs is 1. The average Bonchev–Trinajstić information content (AvgIpc) is 2.59. The molecule has 24 heavy (non-hydrogen) atoms. The third kappa shape index (κ3) is 3.17. The van der Waals surface area contributed by atoms with Crippen LogP contribution in [0.3, 0.4) is 0 Å². The highest BCUT2D eigenvalue weighted by molar-refractivity contribution is 5.94. The van der Waals surface area contributed by atoms with Crippen molar-refractivity contribution in [2.24, 2.45) is 11.8 Å². The number of nitrogens with zero attached hydrogens (tertiary/aromatic N) is 2. The van der Waals surface area contributed by atoms with E-state index in [4.69, 9.17) is 0 Å². The van der Waals surface area contributed by atoms with Gasteiger partial charge in [0.15, 0.2) is 0 Å². The quantitative estimate of drug-likeness (QED) is 0.835. The van der Waals surface area contributed by atoms with Crippen molar-refractivity contribution in [1.82, 2.24) is 9.80 Å². The molecule has 2 fully saturated rings. The summed E-state index contributed by atoms with van der Waals surface area (Å²) >= 11 is 0. The van der Waals surface area contributed by atoms with E-state index in [0.29, 0.717) is 25.6 Å². The maximum absolute atomic E-state index is 14.0. The van der Waals surface area contributed by atoms with Gasteiger partial charge in [0.1, 0.15) is 5.82 Å². The van der Waals surface area contributed by atoms with Gasteiger partial charge < -0.3 is 9.80 Å². The molecule has 2 atom stereocenters. The third-order valence-electron chi connectivity index (χ3n) is 5.24. The summed E-state index contributed by atoms with van der Waals surface area (Å²) in [5.41, 5.74) is 0.152. The zero-order valence-electron chi connectivity index (χ0n) is 14.4. The molecular formula is C19H25FN2O2. The van der Waals surface area contributed by atoms with Gasteiger partial charge in [-0.3, -0.25) is 9.59 Å². The molecule has 0 saturated carbocycles. The van der Waals surface area contributed by atoms with Crippen LogP contribution in [0, 0.1) is 17.7 Å². The molecule has 3 rings (SSSR count). The maximum atomic E-state index is 14.0. The number of likely N-dealkylation sites (tertiary alicyclic amines) is 2. The fraction of sp³-hybridized carbons (Fsp3) is 0.579. The number of amides is 2. The summed E-state index contributed by atoms with van der Waals surface area (Å²) < 4.78 is 14.0. The monoisotopic (exact) mass is 332 g/mol. The lowest BCUT2D eigenvalue weighted by molar-refractivity contribution is -0.137. The van der Waals surface area contributed by atoms with Gasteiger partial charge in [-0.05, 0) is 37.3 Å². The van der Waals surface area contributed by atoms with Crippen LogP contribution in [0.25, 0.3) is 0 Å². The first-order valence-electron chi connectivity index (χ1n) is 8.83. The van der Waals surface area contributed by atoms with Crippen molar-refractivity contribution in [3.63, 3.8) is 0 Å². The van der Waals surface area contributed by atoms with Crippen LogP contribution < -0.4 is 0 Å². The van der Waals surface area contributed by atoms with E-state index in [9.17, 15) is 14.0 Å². The fourth-order valence-corrected chi connectivity index (χ4v) is 4.01. The number of halogens is 1. The standard InChI is InChI=1S/C19H25FN2O2/c1-13(2)18(23)21-11-9-17-14(12-21)6-5-10-22(17)19(24)15-7-3-4-8-16(15)20/h3-4,7-8,13-14,17H,5-6,9-12H2,1-2H3/t14-,17-/m1/s1. The molecular weight excluding hydrogens is 307 g/mol. The number of rotatable bonds is 2. The van der Waals surface area contributed by atoms with Gasteiger partial charge in [0.25, 0.3) is 5.91 Å². The van der Waals surface area contributed by atoms with Crippen LogP contribution in [0.5, 0.6) is 0 Å². The number of benzene rings is 1. The van der Waals surface area contributed by atoms with E-state index >= 15 is 0 Å². The van der Waals surface area contributed by atoms with Gasteiger partial charge in [-0.2, -0.15) is 0 Å². The summed E-state index contributed by atoms with van der Waals surface area (Å²) in [6.07, 6.45) is 2.71. The van der Waals surface area contributed by atoms with Gasteiger partial charge in [-0.1, -0.05) is 26.0 Å². The van der Waals surface area contributed by atoms with E-state index < -0.39 is 5.82 Å². The largest absolute Gasteiger partial charge is 0.342 e. The minimum atomic E-state index is -0.461. The van der Waals surface area contributed by atoms with E-state index in [-0.39, 0.29) is 29.3 Å². The fourth-order valence-electron chi connectivity index (χ4n) is 4.01. The lowest BCUT2D eigenvalue weighted by atomic mass is 9.83. The number of piperidine rings is 2. The molecule has 0 N–H and O–H groups in total. The van der Waals surface area contributed by atoms with Gasteiger partial charge in [0, 0.05) is 31.6 Å². The summed E-state index contributed by atoms with van der Waals surface area (Å²) in [6, 6.07) is 6.29. The molecule has 0 aromatic heterocycles. The molecule has 2 saturated heterocycles. The van der Waals surface area contributed by atoms with Gasteiger partial charge in [-0.25, -0.2) is 4.39 Å². The minimum Gasteiger partial charge on any atom is -0.342 e. The summed E-state index contributed by atoms with van der Waals surface area (Å²) in [5, 5.41) is 0. The SMILES string of the molecule is CC(C)C(=O)N1CC[C@@H]2[C@H](CCCN2C(=O)c2ccccc2F)C1. The van der Waals surface area contributed by atoms with Crippen molar-refractivity contribution >= 4 is 11.8 Å². The average molecular weight is 332 g/mol. The first-order valence-corrected chi connectivity index (χ1v) is 8.83. The Morgan fingerprint density at radius 2 is 1.92 bits per heavy atom. The maximum Gasteiger partial charge on any atom is 0.257 e. The zero-order chi connectivity index (χ0) is 17.3. The Bertz CT molecular complexity index is 632. The molecule has 2 heterocycles. The molecule has 1 aromatic carbocycles. The van der Waals surface area contributed by atoms with E-state index in [1.807, 2.05) is 23.6 Å². The Morgan fingerprint density at radius 1 is 1.17 bits per heavy atom. The summed E-state index contributed by atoms with van der Waals surface area (Å²) in [5.74, 6) is -0.193. The second-order valence-corrected chi connectivity index (χ2v) is 7.18. The van der Waals surface area contributed by atoms with Crippen molar-refractivity contribution in [1.29, 1.82) is 0 Å². The smallest absolute Gasteiger partial charge is 0.257 e. The first kappa shape index (κ1) is 16.9. The third-order valence-corrected chi connectivity index (χ3v) is 5.24. The van der Waals surface area contributed by atoms with Crippen molar-refractivity contribution in [3.05, 3.63) is 35.6 Å². The van der Waals surface area contributed by atoms with Gasteiger partial charge in [0.05, 0.1) is 5.56 Å². The lowest BCUT2D eigenvalue weighted by Gasteiger charge is -2.47. The van der Waals surface area contributed by atoms with Crippen LogP contribution in [-0.2, 0) is 4.79 Å². The first-order chi connectivity index (χ1) is 11.5. The topological polar surface area (TPSA) is 40.6 Å². The molecule has 0 bridgehead atoms. The van der Waals surface area contributed by atoms with Crippen LogP contribution >= 0.6 is 0 Å². The molecule has 5 heteroatoms. The van der Waals surface area contributed by atoms with E-state index in [2.05, 4.69) is 0 Å². The second kappa shape index (κ2) is 6.91. The highest BCUT2D eigenvalue weighted by Gasteiger charge is 2.40. The normalized spacial score (nSPS) is 24.0. The molecule has 2 aliphatic rings. The predicted octanol–water partition coefficient (Wildman–Crippen LogP) is 2.93. The molecule has 130 valence electrons. The molecule has 4 nitrogen and oxygen atoms in total. The van der Waals surface area contributed by atoms with Crippen LogP contribution in [-0.4, -0.2) is 47.3 Å². The summed E-state index contributed by atoms with van der Waals surface area (Å²) in [7, 11) is 0. The highest BCUT2D eigenvalue weighted by Crippen LogP contribution is 2.32. The molecule has 0 aliphatic carbocycles. The van der Waals surface area contributed by atoms with Gasteiger partial charge in [-0.15, -0.1) is 0 Å². The number of carbonyl (C=O) groups is 2. The Balaban J connectivity index is 1.75. The summed E-state index contributed by atoms with van der Waals surface area (Å²) in [4.78, 5) is 28.8. The van der Waals surface area contributed by atoms with Crippen molar-refractivity contribution < 1.29 is 14.0 Å². The van der Waals surface area contributed by atoms with Crippen LogP contribution in [0.2, 0.25) is 0 Å². The molecule has 0 spiro atoms. The Hall–Kier alpha value is -1.91. The number of hydrogen-bond donors (Lipinski definition) is 0. The number of carbonyl (C=O) groups excluding carboxylic acids is 2. The number of hydrogen-bond acceptors (Lipinski definition) is 2. The lowest BCUT2D eigenvalue weighted by Crippen LogP contribution is -2.57. The van der Waals surface area contributed by atoms with E-state index in [0.717, 1.165) is 19.3 Å². The second-order valence-electron chi connectivity index (χ2n) is 7.18. The Labute approximate surface area is 142 Å². The van der Waals surface area contributed by atoms with Crippen LogP contribution in [0.4, 0.5) is 4.39 Å². The Morgan fingerprint density at radius 3 is 2.62 bits per heavy atom. The van der Waals surface area contributed by atoms with Crippen molar-refractivity contribution in [2.75, 3.05) is 19.6 Å². The van der Waals surface area contributed by atoms with Crippen LogP contribution in [0.15, 0.2) is 24.3 Å². The van der Waals surface area contributed by atoms with E-state index in [1.165, 1.54) is 6.07 Å². The predicted molar refractivity (Wildman–Crippen MR) is 90.0 cm³/mol. The van der Waals surface area contributed by atoms with Crippen LogP contribution in [0.1, 0.15) is 43.5 Å². The molecule has 0 unspecified atom stereocenters. The molecule has 0 radical (unpaired) electrons. The van der Waals surface area contributed by atoms with E-state index in [1.54, 1.807) is 18.2 Å². The summed E-state index contributed by atoms with van der Waals surface area (Å²) in [6.45, 7) is 5.90.